The standard InChI is InChI=1S/C43H70O67S11/c1-80-17-14(11(8-86-112(50,51)52)89-38(85-6)29(17)102-116(62,63)64)92-41-31(104-118(68,69)70)20(83-4)23(27(97-41)36(46)47)96-40-34(107-121(77,78)79)25(101-115(59,60)61)16(13(91-40)10-88-114(56,57)58)94-42-32(105-119(71,72)73)19(82-3)22(26(98-42)35(44)45)95-39-30(103-117(65,66)67)18(81-2)15(12(90-39)9-87-113(53,54)55)93-43-33(106-120(74,75)76)21(84-5)24(28(99-43)37(48)49)100-108-109-110-111-7/h11-34,38-43H,8-10H2,1-7H3,(H,44,45)(H,46,47)(H,48,49)(H,50,51,52)(H,53,54,55)(H,56,57,58)(H,59,60,61)(H,62,63,64)(H,65,66,67)(H,68,69,70)(H,71,72,73)(H,74,75,76)(H,77,78,79)/t11?,12?,13?,14-,15-,16-,17?,18?,19?,20?,21?,22+,23-,24+,25+,26-,27?,28?,29?,30?,31+,32?,33+,34?,38+,39-,40+,41-,42+,43-/m1/s1. The van der Waals surface area contributed by atoms with Crippen LogP contribution in [0.1, 0.15) is 0 Å². The molecule has 78 heteroatoms. The lowest BCUT2D eigenvalue weighted by molar-refractivity contribution is -0.620. The molecular weight excluding hydrogens is 1940 g/mol. The summed E-state index contributed by atoms with van der Waals surface area (Å²) in [6.07, 6.45) is -86.6. The van der Waals surface area contributed by atoms with Crippen molar-refractivity contribution in [3.8, 4) is 0 Å². The summed E-state index contributed by atoms with van der Waals surface area (Å²) >= 11 is 0.428. The molecule has 6 aliphatic heterocycles. The quantitative estimate of drug-likeness (QED) is 0.00885. The third kappa shape index (κ3) is 31.8. The molecule has 0 saturated carbocycles. The monoisotopic (exact) mass is 2010 g/mol. The van der Waals surface area contributed by atoms with Gasteiger partial charge >= 0.3 is 122 Å². The van der Waals surface area contributed by atoms with Crippen molar-refractivity contribution < 1.29 is 301 Å². The van der Waals surface area contributed by atoms with Crippen molar-refractivity contribution in [2.45, 2.75) is 184 Å². The van der Waals surface area contributed by atoms with Crippen molar-refractivity contribution in [2.75, 3.05) is 68.7 Å². The largest absolute Gasteiger partial charge is 0.479 e. The Labute approximate surface area is 684 Å². The lowest BCUT2D eigenvalue weighted by Crippen LogP contribution is -2.70. The normalized spacial score (nSPS) is 36.1. The third-order valence-corrected chi connectivity index (χ3v) is 20.8. The van der Waals surface area contributed by atoms with Crippen molar-refractivity contribution in [1.82, 2.24) is 0 Å². The summed E-state index contributed by atoms with van der Waals surface area (Å²) in [6, 6.07) is 0. The highest BCUT2D eigenvalue weighted by Gasteiger charge is 2.65. The molecule has 121 heavy (non-hydrogen) atoms. The van der Waals surface area contributed by atoms with E-state index in [4.69, 9.17) is 89.6 Å². The first-order valence-corrected chi connectivity index (χ1v) is 45.9. The summed E-state index contributed by atoms with van der Waals surface area (Å²) in [5.74, 6) is -7.25. The van der Waals surface area contributed by atoms with Crippen LogP contribution in [-0.4, -0.2) is 416 Å². The summed E-state index contributed by atoms with van der Waals surface area (Å²) < 4.78 is 494. The zero-order valence-corrected chi connectivity index (χ0v) is 69.3. The highest BCUT2D eigenvalue weighted by molar-refractivity contribution is 7.93. The van der Waals surface area contributed by atoms with Crippen LogP contribution in [0.4, 0.5) is 0 Å². The summed E-state index contributed by atoms with van der Waals surface area (Å²) in [5.41, 5.74) is 0. The van der Waals surface area contributed by atoms with Crippen LogP contribution < -0.4 is 0 Å². The topological polar surface area (TPSA) is 942 Å². The van der Waals surface area contributed by atoms with E-state index in [1.165, 1.54) is 6.26 Å². The number of aliphatic carboxylic acids is 3. The average Bonchev–Trinajstić information content (AvgIpc) is 0.754. The van der Waals surface area contributed by atoms with Crippen molar-refractivity contribution in [3.05, 3.63) is 0 Å². The average molecular weight is 2010 g/mol. The first-order valence-electron chi connectivity index (χ1n) is 31.1. The molecule has 0 aromatic heterocycles. The van der Waals surface area contributed by atoms with Crippen LogP contribution >= 0.6 is 12.0 Å². The van der Waals surface area contributed by atoms with Crippen molar-refractivity contribution >= 4 is 134 Å². The molecule has 0 aliphatic carbocycles. The Kier molecular flexibility index (Phi) is 37.7. The summed E-state index contributed by atoms with van der Waals surface area (Å²) in [6.45, 7) is -5.56. The summed E-state index contributed by atoms with van der Waals surface area (Å²) in [7, 11) is -57.9. The molecule has 6 rings (SSSR count). The Hall–Kier alpha value is -3.38. The highest BCUT2D eigenvalue weighted by Crippen LogP contribution is 2.43. The van der Waals surface area contributed by atoms with E-state index in [0.29, 0.717) is 47.6 Å². The number of carbonyl (C=O) groups is 3. The summed E-state index contributed by atoms with van der Waals surface area (Å²) in [4.78, 5) is 44.7. The number of carboxylic acids is 3. The van der Waals surface area contributed by atoms with Gasteiger partial charge in [0.05, 0.1) is 19.8 Å². The minimum absolute atomic E-state index is 0.372. The molecule has 6 saturated heterocycles. The lowest BCUT2D eigenvalue weighted by atomic mass is 9.94. The van der Waals surface area contributed by atoms with Crippen LogP contribution in [0.25, 0.3) is 0 Å². The van der Waals surface area contributed by atoms with E-state index in [-0.39, 0.29) is 0 Å². The predicted octanol–water partition coefficient (Wildman–Crippen LogP) is -10.5. The van der Waals surface area contributed by atoms with Gasteiger partial charge in [-0.1, -0.05) is 0 Å². The molecule has 13 N–H and O–H groups in total. The molecule has 67 nitrogen and oxygen atoms in total. The van der Waals surface area contributed by atoms with Gasteiger partial charge in [0.2, 0.25) is 0 Å². The maximum Gasteiger partial charge on any atom is 0.397 e. The SMILES string of the molecule is COC1C(OS(=O)(=O)O)[C@@H](O[C@H]2C(OC)C(OS(=O)(=O)O)[C@@H](O[C@@H]3C(COS(=O)(=O)O)O[C@@H](O[C@H]4C(C(=O)O)O[C@@H](O[C@@H]5C(COS(=O)(=O)O)O[C@H](OC)C(OS(=O)(=O)O)C5OC)[C@@H](OS(=O)(=O)O)C4OC)C(OS(=O)(=O)O)[C@H]3OS(=O)(=O)O)O[C@H]2C(=O)O)OC(COS(=O)(=O)O)[C@H]1O[C@@H]1OC(C(=O)O)[C@@H](OOOOSC)C(OC)[C@@H]1OS(=O)(=O)O. The molecule has 710 valence electrons. The van der Waals surface area contributed by atoms with Crippen LogP contribution in [0, 0.1) is 0 Å². The van der Waals surface area contributed by atoms with Gasteiger partial charge in [-0.15, -0.1) is 4.33 Å². The van der Waals surface area contributed by atoms with E-state index in [0.717, 1.165) is 7.11 Å². The zero-order chi connectivity index (χ0) is 91.8. The van der Waals surface area contributed by atoms with Crippen molar-refractivity contribution in [2.24, 2.45) is 0 Å². The van der Waals surface area contributed by atoms with E-state index < -0.39 is 326 Å². The van der Waals surface area contributed by atoms with Gasteiger partial charge in [-0.3, -0.25) is 45.5 Å². The first kappa shape index (κ1) is 106. The van der Waals surface area contributed by atoms with Gasteiger partial charge in [-0.05, 0) is 10.1 Å². The first-order chi connectivity index (χ1) is 55.4. The Bertz CT molecular complexity index is 4690. The zero-order valence-electron chi connectivity index (χ0n) is 60.3. The molecule has 0 amide bonds. The second-order valence-corrected chi connectivity index (χ2v) is 34.7. The number of methoxy groups -OCH3 is 6. The van der Waals surface area contributed by atoms with E-state index in [2.05, 4.69) is 52.1 Å². The molecule has 0 spiro atoms. The molecule has 0 aromatic rings. The van der Waals surface area contributed by atoms with Crippen LogP contribution in [0.15, 0.2) is 0 Å². The van der Waals surface area contributed by atoms with Gasteiger partial charge in [0.1, 0.15) is 85.5 Å². The van der Waals surface area contributed by atoms with E-state index in [9.17, 15) is 159 Å². The Morgan fingerprint density at radius 3 is 0.727 bits per heavy atom. The number of ether oxygens (including phenoxy) is 17. The van der Waals surface area contributed by atoms with Crippen LogP contribution in [-0.2, 0) is 260 Å². The molecular formula is C43H70O67S11. The number of rotatable bonds is 47. The van der Waals surface area contributed by atoms with Gasteiger partial charge in [0.25, 0.3) is 0 Å². The second-order valence-electron chi connectivity index (χ2n) is 23.6. The molecule has 14 unspecified atom stereocenters. The number of carboxylic acid groups (broad SMARTS) is 3. The molecule has 0 radical (unpaired) electrons. The molecule has 30 atom stereocenters. The van der Waals surface area contributed by atoms with Gasteiger partial charge < -0.3 is 95.8 Å². The number of hydrogen-bond acceptors (Lipinski definition) is 55. The maximum atomic E-state index is 13.7. The molecule has 0 bridgehead atoms. The van der Waals surface area contributed by atoms with E-state index in [1.54, 1.807) is 0 Å². The second kappa shape index (κ2) is 42.9. The Morgan fingerprint density at radius 2 is 0.479 bits per heavy atom. The fourth-order valence-corrected chi connectivity index (χ4v) is 16.5. The lowest BCUT2D eigenvalue weighted by Gasteiger charge is -2.51. The van der Waals surface area contributed by atoms with Gasteiger partial charge in [0, 0.05) is 61.0 Å². The van der Waals surface area contributed by atoms with E-state index in [1.807, 2.05) is 0 Å². The molecule has 6 aliphatic rings. The van der Waals surface area contributed by atoms with Gasteiger partial charge in [-0.2, -0.15) is 89.1 Å². The third-order valence-electron chi connectivity index (χ3n) is 16.1. The molecule has 0 aromatic carbocycles. The van der Waals surface area contributed by atoms with E-state index >= 15 is 0 Å². The minimum atomic E-state index is -6.61. The van der Waals surface area contributed by atoms with Gasteiger partial charge in [0.15, 0.2) is 98.8 Å². The van der Waals surface area contributed by atoms with Crippen LogP contribution in [0.5, 0.6) is 0 Å². The van der Waals surface area contributed by atoms with Crippen LogP contribution in [0.2, 0.25) is 0 Å². The minimum Gasteiger partial charge on any atom is -0.479 e. The molecule has 6 fully saturated rings. The van der Waals surface area contributed by atoms with Crippen LogP contribution in [0.3, 0.4) is 0 Å². The van der Waals surface area contributed by atoms with Gasteiger partial charge in [-0.25, -0.2) is 56.2 Å². The smallest absolute Gasteiger partial charge is 0.397 e. The Balaban J connectivity index is 1.52. The van der Waals surface area contributed by atoms with Crippen molar-refractivity contribution in [3.63, 3.8) is 0 Å². The fraction of sp³-hybridized carbons (Fsp3) is 0.930. The van der Waals surface area contributed by atoms with Crippen molar-refractivity contribution in [1.29, 1.82) is 0 Å². The number of hydrogen-bond donors (Lipinski definition) is 13. The maximum absolute atomic E-state index is 13.7. The Morgan fingerprint density at radius 1 is 0.264 bits per heavy atom. The molecule has 6 heterocycles. The summed E-state index contributed by atoms with van der Waals surface area (Å²) in [5, 5.41) is 40.4. The highest BCUT2D eigenvalue weighted by atomic mass is 32.3. The predicted molar refractivity (Wildman–Crippen MR) is 349 cm³/mol. The fourth-order valence-electron chi connectivity index (χ4n) is 12.1.